The van der Waals surface area contributed by atoms with Crippen LogP contribution in [0.4, 0.5) is 25.0 Å². The molecule has 3 N–H and O–H groups in total. The highest BCUT2D eigenvalue weighted by Gasteiger charge is 2.34. The van der Waals surface area contributed by atoms with E-state index in [-0.39, 0.29) is 36.4 Å². The Morgan fingerprint density at radius 2 is 1.87 bits per heavy atom. The molecule has 2 aromatic carbocycles. The molecule has 4 rings (SSSR count). The molecule has 0 aliphatic carbocycles. The van der Waals surface area contributed by atoms with Crippen molar-refractivity contribution in [1.82, 2.24) is 5.32 Å². The molecule has 2 fully saturated rings. The summed E-state index contributed by atoms with van der Waals surface area (Å²) in [5.74, 6) is -1.13. The van der Waals surface area contributed by atoms with Gasteiger partial charge in [0.05, 0.1) is 24.8 Å². The van der Waals surface area contributed by atoms with Gasteiger partial charge in [0.2, 0.25) is 5.91 Å². The van der Waals surface area contributed by atoms with Crippen molar-refractivity contribution >= 4 is 40.3 Å². The number of benzene rings is 2. The smallest absolute Gasteiger partial charge is 0.414 e. The third kappa shape index (κ3) is 7.18. The Bertz CT molecular complexity index is 1180. The maximum atomic E-state index is 15.0. The van der Waals surface area contributed by atoms with E-state index < -0.39 is 23.8 Å². The summed E-state index contributed by atoms with van der Waals surface area (Å²) in [5, 5.41) is 14.9. The summed E-state index contributed by atoms with van der Waals surface area (Å²) in [6, 6.07) is 12.0. The lowest BCUT2D eigenvalue weighted by Gasteiger charge is -2.32. The third-order valence-electron chi connectivity index (χ3n) is 6.13. The van der Waals surface area contributed by atoms with Crippen LogP contribution in [-0.2, 0) is 15.3 Å². The van der Waals surface area contributed by atoms with E-state index >= 15 is 8.78 Å². The van der Waals surface area contributed by atoms with Crippen LogP contribution in [0.15, 0.2) is 57.9 Å². The van der Waals surface area contributed by atoms with Crippen molar-refractivity contribution in [2.24, 2.45) is 21.2 Å². The van der Waals surface area contributed by atoms with Crippen LogP contribution >= 0.6 is 11.8 Å². The highest BCUT2D eigenvalue weighted by Crippen LogP contribution is 2.32. The fourth-order valence-corrected chi connectivity index (χ4v) is 4.82. The van der Waals surface area contributed by atoms with E-state index in [1.165, 1.54) is 18.7 Å². The summed E-state index contributed by atoms with van der Waals surface area (Å²) in [6.45, 7) is 2.30. The predicted octanol–water partition coefficient (Wildman–Crippen LogP) is 4.01. The molecule has 0 aromatic heterocycles. The number of nitrogens with two attached hydrogens (primary N) is 1. The molecular weight excluding hydrogens is 516 g/mol. The number of thioether (sulfide) groups is 1. The Labute approximate surface area is 223 Å². The maximum absolute atomic E-state index is 15.0. The number of cyclic esters (lactones) is 1. The molecule has 1 unspecified atom stereocenters. The van der Waals surface area contributed by atoms with Gasteiger partial charge in [-0.15, -0.1) is 5.10 Å². The monoisotopic (exact) mass is 545 g/mol. The highest BCUT2D eigenvalue weighted by molar-refractivity contribution is 8.13. The van der Waals surface area contributed by atoms with Crippen LogP contribution in [0.25, 0.3) is 0 Å². The molecule has 0 saturated carbocycles. The number of nitrogens with one attached hydrogen (secondary N) is 1. The number of hydrogen-bond acceptors (Lipinski definition) is 7. The molecule has 10 nitrogen and oxygen atoms in total. The average Bonchev–Trinajstić information content (AvgIpc) is 3.28. The quantitative estimate of drug-likeness (QED) is 0.224. The number of carbonyl (C=O) groups is 2. The second-order valence-corrected chi connectivity index (χ2v) is 9.94. The van der Waals surface area contributed by atoms with Crippen LogP contribution < -0.4 is 20.9 Å². The normalized spacial score (nSPS) is 18.8. The van der Waals surface area contributed by atoms with Gasteiger partial charge in [-0.3, -0.25) is 9.69 Å². The first-order chi connectivity index (χ1) is 18.3. The van der Waals surface area contributed by atoms with Crippen LogP contribution in [0.5, 0.6) is 0 Å². The Morgan fingerprint density at radius 3 is 2.53 bits per heavy atom. The van der Waals surface area contributed by atoms with Gasteiger partial charge in [-0.1, -0.05) is 42.1 Å². The van der Waals surface area contributed by atoms with Crippen molar-refractivity contribution in [2.45, 2.75) is 37.7 Å². The van der Waals surface area contributed by atoms with Crippen molar-refractivity contribution in [2.75, 3.05) is 36.0 Å². The second-order valence-electron chi connectivity index (χ2n) is 8.95. The highest BCUT2D eigenvalue weighted by atomic mass is 32.2. The predicted molar refractivity (Wildman–Crippen MR) is 142 cm³/mol. The fraction of sp³-hybridized carbons (Fsp3) is 0.400. The molecule has 0 spiro atoms. The van der Waals surface area contributed by atoms with Gasteiger partial charge in [0.1, 0.15) is 11.8 Å². The van der Waals surface area contributed by atoms with Gasteiger partial charge in [0, 0.05) is 37.9 Å². The van der Waals surface area contributed by atoms with E-state index in [0.717, 1.165) is 22.6 Å². The first-order valence-corrected chi connectivity index (χ1v) is 13.1. The van der Waals surface area contributed by atoms with Crippen molar-refractivity contribution < 1.29 is 23.1 Å². The van der Waals surface area contributed by atoms with Crippen LogP contribution in [0, 0.1) is 11.6 Å². The average molecular weight is 546 g/mol. The maximum Gasteiger partial charge on any atom is 0.414 e. The van der Waals surface area contributed by atoms with E-state index in [0.29, 0.717) is 36.9 Å². The molecule has 202 valence electrons. The van der Waals surface area contributed by atoms with Crippen molar-refractivity contribution in [3.8, 4) is 0 Å². The van der Waals surface area contributed by atoms with Gasteiger partial charge in [0.15, 0.2) is 16.8 Å². The number of halogens is 2. The Kier molecular flexibility index (Phi) is 9.10. The van der Waals surface area contributed by atoms with E-state index in [9.17, 15) is 9.59 Å². The first-order valence-electron chi connectivity index (χ1n) is 12.2. The number of piperidine rings is 1. The van der Waals surface area contributed by atoms with E-state index in [4.69, 9.17) is 10.5 Å². The molecule has 1 atom stereocenters. The van der Waals surface area contributed by atoms with Gasteiger partial charge in [0.25, 0.3) is 0 Å². The molecule has 2 amide bonds. The number of amidine groups is 1. The van der Waals surface area contributed by atoms with Gasteiger partial charge in [-0.25, -0.2) is 13.6 Å². The summed E-state index contributed by atoms with van der Waals surface area (Å²) >= 11 is 1.36. The first kappa shape index (κ1) is 27.3. The van der Waals surface area contributed by atoms with Crippen LogP contribution in [0.3, 0.4) is 0 Å². The molecular formula is C25H29F2N7O3S. The largest absolute Gasteiger partial charge is 0.442 e. The van der Waals surface area contributed by atoms with Gasteiger partial charge >= 0.3 is 6.09 Å². The number of carbonyl (C=O) groups excluding carboxylic acids is 2. The molecule has 2 heterocycles. The molecule has 38 heavy (non-hydrogen) atoms. The lowest BCUT2D eigenvalue weighted by Crippen LogP contribution is -2.36. The molecule has 0 bridgehead atoms. The third-order valence-corrected chi connectivity index (χ3v) is 6.99. The zero-order valence-electron chi connectivity index (χ0n) is 20.8. The summed E-state index contributed by atoms with van der Waals surface area (Å²) in [4.78, 5) is 26.1. The lowest BCUT2D eigenvalue weighted by atomic mass is 10.0. The number of hydrogen-bond donors (Lipinski definition) is 2. The molecule has 0 radical (unpaired) electrons. The van der Waals surface area contributed by atoms with Gasteiger partial charge in [-0.2, -0.15) is 5.11 Å². The number of amides is 2. The summed E-state index contributed by atoms with van der Waals surface area (Å²) in [6.07, 6.45) is -0.243. The number of anilines is 2. The number of rotatable bonds is 8. The summed E-state index contributed by atoms with van der Waals surface area (Å²) in [7, 11) is 0. The zero-order chi connectivity index (χ0) is 27.1. The Hall–Kier alpha value is -3.74. The molecule has 2 aliphatic heterocycles. The summed E-state index contributed by atoms with van der Waals surface area (Å²) in [5.41, 5.74) is 6.92. The second kappa shape index (κ2) is 12.7. The lowest BCUT2D eigenvalue weighted by molar-refractivity contribution is -0.119. The molecule has 13 heteroatoms. The SMILES string of the molecule is CC(=O)NCC1CN(c2cc(F)c(N3CCC(N=N/N=C(\N)SCc4ccccc4)CC3)c(F)c2)C(=O)O1. The fourth-order valence-electron chi connectivity index (χ4n) is 4.21. The minimum Gasteiger partial charge on any atom is -0.442 e. The van der Waals surface area contributed by atoms with Crippen LogP contribution in [0.1, 0.15) is 25.3 Å². The van der Waals surface area contributed by atoms with Crippen molar-refractivity contribution in [3.63, 3.8) is 0 Å². The van der Waals surface area contributed by atoms with E-state index in [2.05, 4.69) is 20.8 Å². The van der Waals surface area contributed by atoms with E-state index in [1.807, 2.05) is 30.3 Å². The minimum atomic E-state index is -0.772. The molecule has 2 saturated heterocycles. The minimum absolute atomic E-state index is 0.0587. The molecule has 2 aromatic rings. The van der Waals surface area contributed by atoms with Crippen molar-refractivity contribution in [3.05, 3.63) is 59.7 Å². The zero-order valence-corrected chi connectivity index (χ0v) is 21.7. The van der Waals surface area contributed by atoms with Crippen LogP contribution in [0.2, 0.25) is 0 Å². The van der Waals surface area contributed by atoms with E-state index in [1.54, 1.807) is 4.90 Å². The van der Waals surface area contributed by atoms with Gasteiger partial charge in [-0.05, 0) is 23.6 Å². The number of nitrogens with zero attached hydrogens (tertiary/aromatic N) is 5. The topological polar surface area (TPSA) is 125 Å². The molecule has 2 aliphatic rings. The summed E-state index contributed by atoms with van der Waals surface area (Å²) < 4.78 is 35.2. The number of ether oxygens (including phenoxy) is 1. The standard InChI is InChI=1S/C25H29F2N7O3S/c1-16(35)29-13-20-14-34(25(36)37-20)19-11-21(26)23(22(27)12-19)33-9-7-18(8-10-33)30-32-31-24(28)38-15-17-5-3-2-4-6-17/h2-6,11-12,18,20H,7-10,13-15H2,1H3,(H,29,35)(H2,28,30,31). The van der Waals surface area contributed by atoms with Crippen molar-refractivity contribution in [1.29, 1.82) is 0 Å². The Morgan fingerprint density at radius 1 is 1.18 bits per heavy atom. The Balaban J connectivity index is 1.30. The van der Waals surface area contributed by atoms with Crippen LogP contribution in [-0.4, -0.2) is 55.5 Å². The van der Waals surface area contributed by atoms with Gasteiger partial charge < -0.3 is 20.7 Å².